The fourth-order valence-corrected chi connectivity index (χ4v) is 8.67. The Morgan fingerprint density at radius 1 is 1.03 bits per heavy atom. The van der Waals surface area contributed by atoms with Crippen molar-refractivity contribution in [3.05, 3.63) is 23.8 Å². The maximum Gasteiger partial charge on any atom is 0.302 e. The van der Waals surface area contributed by atoms with E-state index >= 15 is 0 Å². The summed E-state index contributed by atoms with van der Waals surface area (Å²) in [5.74, 6) is 2.37. The number of hydrogen-bond acceptors (Lipinski definition) is 5. The summed E-state index contributed by atoms with van der Waals surface area (Å²) in [4.78, 5) is 37.9. The van der Waals surface area contributed by atoms with Crippen LogP contribution in [-0.2, 0) is 24.1 Å². The first-order chi connectivity index (χ1) is 16.4. The first-order valence-corrected chi connectivity index (χ1v) is 13.9. The largest absolute Gasteiger partial charge is 0.462 e. The van der Waals surface area contributed by atoms with Gasteiger partial charge in [0.1, 0.15) is 11.7 Å². The molecule has 5 aliphatic rings. The second kappa shape index (κ2) is 8.28. The van der Waals surface area contributed by atoms with Crippen molar-refractivity contribution in [2.75, 3.05) is 0 Å². The van der Waals surface area contributed by atoms with Gasteiger partial charge in [-0.05, 0) is 85.2 Å². The monoisotopic (exact) mass is 484 g/mol. The van der Waals surface area contributed by atoms with E-state index in [9.17, 15) is 9.59 Å². The highest BCUT2D eigenvalue weighted by atomic mass is 17.2. The highest BCUT2D eigenvalue weighted by molar-refractivity contribution is 6.01. The summed E-state index contributed by atoms with van der Waals surface area (Å²) in [6.45, 7) is 15.3. The summed E-state index contributed by atoms with van der Waals surface area (Å²) in [5.41, 5.74) is -0.697. The van der Waals surface area contributed by atoms with Crippen molar-refractivity contribution in [1.29, 1.82) is 0 Å². The van der Waals surface area contributed by atoms with Crippen molar-refractivity contribution in [3.8, 4) is 0 Å². The molecule has 4 fully saturated rings. The number of carbonyl (C=O) groups excluding carboxylic acids is 2. The molecule has 5 heteroatoms. The van der Waals surface area contributed by atoms with Gasteiger partial charge < -0.3 is 4.74 Å². The van der Waals surface area contributed by atoms with Gasteiger partial charge in [-0.2, -0.15) is 0 Å². The molecule has 1 saturated heterocycles. The smallest absolute Gasteiger partial charge is 0.302 e. The topological polar surface area (TPSA) is 61.8 Å². The van der Waals surface area contributed by atoms with E-state index in [1.165, 1.54) is 18.9 Å². The zero-order valence-electron chi connectivity index (χ0n) is 22.7. The van der Waals surface area contributed by atoms with E-state index in [-0.39, 0.29) is 23.3 Å². The fourth-order valence-electron chi connectivity index (χ4n) is 8.67. The standard InChI is InChI=1S/C30H44O5/c1-18(2)19(3)8-9-20(4)23-10-11-24-25-16-26(32)30-17-22(33-21(5)31)12-13-28(30,7)29(25,34-35-30)15-14-27(23,24)6/h8-9,16,18-20,22-24H,10-15,17H2,1-7H3/b9-8+/t19-,20+,22-,23+,24-,27+,28+,29+,30-/m0/s1. The van der Waals surface area contributed by atoms with Crippen LogP contribution in [0.4, 0.5) is 0 Å². The molecule has 35 heavy (non-hydrogen) atoms. The Labute approximate surface area is 211 Å². The van der Waals surface area contributed by atoms with Crippen molar-refractivity contribution < 1.29 is 24.1 Å². The third-order valence-corrected chi connectivity index (χ3v) is 11.3. The molecule has 0 amide bonds. The van der Waals surface area contributed by atoms with Crippen molar-refractivity contribution >= 4 is 11.8 Å². The first kappa shape index (κ1) is 25.2. The predicted octanol–water partition coefficient (Wildman–Crippen LogP) is 6.37. The minimum absolute atomic E-state index is 0.00591. The summed E-state index contributed by atoms with van der Waals surface area (Å²) < 4.78 is 5.54. The van der Waals surface area contributed by atoms with Crippen molar-refractivity contribution in [3.63, 3.8) is 0 Å². The molecule has 0 N–H and O–H groups in total. The lowest BCUT2D eigenvalue weighted by Gasteiger charge is -2.59. The first-order valence-electron chi connectivity index (χ1n) is 13.9. The Bertz CT molecular complexity index is 966. The number of ketones is 1. The molecule has 194 valence electrons. The highest BCUT2D eigenvalue weighted by Gasteiger charge is 2.78. The van der Waals surface area contributed by atoms with Crippen molar-refractivity contribution in [2.45, 2.75) is 111 Å². The third-order valence-electron chi connectivity index (χ3n) is 11.3. The summed E-state index contributed by atoms with van der Waals surface area (Å²) in [6.07, 6.45) is 12.6. The molecule has 9 atom stereocenters. The summed E-state index contributed by atoms with van der Waals surface area (Å²) in [7, 11) is 0. The van der Waals surface area contributed by atoms with Gasteiger partial charge in [0, 0.05) is 18.8 Å². The van der Waals surface area contributed by atoms with Crippen molar-refractivity contribution in [2.24, 2.45) is 40.4 Å². The Balaban J connectivity index is 1.46. The zero-order valence-corrected chi connectivity index (χ0v) is 22.7. The second-order valence-corrected chi connectivity index (χ2v) is 13.2. The molecule has 0 aromatic heterocycles. The van der Waals surface area contributed by atoms with Gasteiger partial charge in [-0.25, -0.2) is 9.78 Å². The molecule has 0 aromatic carbocycles. The van der Waals surface area contributed by atoms with E-state index in [2.05, 4.69) is 53.7 Å². The van der Waals surface area contributed by atoms with Gasteiger partial charge in [0.15, 0.2) is 11.4 Å². The van der Waals surface area contributed by atoms with Crippen LogP contribution in [0.5, 0.6) is 0 Å². The van der Waals surface area contributed by atoms with Crippen LogP contribution in [0.1, 0.15) is 93.4 Å². The number of ether oxygens (including phenoxy) is 1. The molecule has 3 saturated carbocycles. The van der Waals surface area contributed by atoms with Gasteiger partial charge in [-0.15, -0.1) is 0 Å². The number of esters is 1. The Morgan fingerprint density at radius 2 is 1.74 bits per heavy atom. The summed E-state index contributed by atoms with van der Waals surface area (Å²) in [5, 5.41) is 0. The van der Waals surface area contributed by atoms with Crippen LogP contribution < -0.4 is 0 Å². The van der Waals surface area contributed by atoms with Crippen LogP contribution in [0.25, 0.3) is 0 Å². The lowest BCUT2D eigenvalue weighted by molar-refractivity contribution is -0.340. The van der Waals surface area contributed by atoms with Gasteiger partial charge in [0.2, 0.25) is 0 Å². The van der Waals surface area contributed by atoms with E-state index in [0.29, 0.717) is 36.0 Å². The van der Waals surface area contributed by atoms with Crippen LogP contribution in [-0.4, -0.2) is 29.1 Å². The zero-order chi connectivity index (χ0) is 25.4. The van der Waals surface area contributed by atoms with Crippen molar-refractivity contribution in [1.82, 2.24) is 0 Å². The van der Waals surface area contributed by atoms with Gasteiger partial charge in [-0.3, -0.25) is 9.59 Å². The van der Waals surface area contributed by atoms with Crippen LogP contribution in [0, 0.1) is 40.4 Å². The maximum atomic E-state index is 13.8. The number of hydrogen-bond donors (Lipinski definition) is 0. The van der Waals surface area contributed by atoms with E-state index in [4.69, 9.17) is 14.5 Å². The fraction of sp³-hybridized carbons (Fsp3) is 0.800. The van der Waals surface area contributed by atoms with Gasteiger partial charge >= 0.3 is 5.97 Å². The average Bonchev–Trinajstić information content (AvgIpc) is 3.23. The van der Waals surface area contributed by atoms with Crippen LogP contribution in [0.3, 0.4) is 0 Å². The average molecular weight is 485 g/mol. The Kier molecular flexibility index (Phi) is 5.96. The van der Waals surface area contributed by atoms with E-state index < -0.39 is 16.6 Å². The minimum atomic E-state index is -1.05. The minimum Gasteiger partial charge on any atom is -0.462 e. The summed E-state index contributed by atoms with van der Waals surface area (Å²) >= 11 is 0. The predicted molar refractivity (Wildman–Crippen MR) is 134 cm³/mol. The van der Waals surface area contributed by atoms with E-state index in [1.54, 1.807) is 0 Å². The number of allylic oxidation sites excluding steroid dienone is 2. The highest BCUT2D eigenvalue weighted by Crippen LogP contribution is 2.73. The Hall–Kier alpha value is -1.46. The lowest BCUT2D eigenvalue weighted by Crippen LogP contribution is -2.67. The van der Waals surface area contributed by atoms with Crippen LogP contribution >= 0.6 is 0 Å². The van der Waals surface area contributed by atoms with Gasteiger partial charge in [-0.1, -0.05) is 53.7 Å². The van der Waals surface area contributed by atoms with E-state index in [1.807, 2.05) is 6.08 Å². The molecule has 0 radical (unpaired) electrons. The molecule has 1 heterocycles. The lowest BCUT2D eigenvalue weighted by atomic mass is 9.44. The molecular weight excluding hydrogens is 440 g/mol. The molecule has 0 aromatic rings. The normalized spacial score (nSPS) is 46.1. The molecule has 0 unspecified atom stereocenters. The molecule has 1 aliphatic heterocycles. The maximum absolute atomic E-state index is 13.8. The quantitative estimate of drug-likeness (QED) is 0.258. The summed E-state index contributed by atoms with van der Waals surface area (Å²) in [6, 6.07) is 0. The molecule has 5 nitrogen and oxygen atoms in total. The van der Waals surface area contributed by atoms with Crippen LogP contribution in [0.15, 0.2) is 23.8 Å². The third kappa shape index (κ3) is 3.32. The number of fused-ring (bicyclic) bond motifs is 2. The van der Waals surface area contributed by atoms with Crippen LogP contribution in [0.2, 0.25) is 0 Å². The van der Waals surface area contributed by atoms with E-state index in [0.717, 1.165) is 32.1 Å². The second-order valence-electron chi connectivity index (χ2n) is 13.2. The Morgan fingerprint density at radius 3 is 2.43 bits per heavy atom. The molecular formula is C30H44O5. The number of rotatable bonds is 5. The number of carbonyl (C=O) groups is 2. The molecule has 4 aliphatic carbocycles. The molecule has 1 spiro atoms. The van der Waals surface area contributed by atoms with Gasteiger partial charge in [0.25, 0.3) is 0 Å². The molecule has 2 bridgehead atoms. The van der Waals surface area contributed by atoms with Gasteiger partial charge in [0.05, 0.1) is 0 Å². The molecule has 5 rings (SSSR count). The SMILES string of the molecule is CC(=O)O[C@H]1CC[C@@]2(C)[C@@]3(C1)OO[C@@]21CC[C@]2(C)[C@@H]([C@H](C)/C=C/[C@H](C)C(C)C)CC[C@H]2C1=CC3=O.